The summed E-state index contributed by atoms with van der Waals surface area (Å²) < 4.78 is 11.1. The Morgan fingerprint density at radius 1 is 1.14 bits per heavy atom. The van der Waals surface area contributed by atoms with E-state index in [1.807, 2.05) is 70.2 Å². The highest BCUT2D eigenvalue weighted by atomic mass is 16.5. The van der Waals surface area contributed by atoms with E-state index in [0.29, 0.717) is 19.0 Å². The highest BCUT2D eigenvalue weighted by Crippen LogP contribution is 2.20. The molecule has 0 aliphatic heterocycles. The molecular formula is C23H33N3O3. The Morgan fingerprint density at radius 2 is 1.93 bits per heavy atom. The van der Waals surface area contributed by atoms with Crippen LogP contribution in [0, 0.1) is 6.92 Å². The first kappa shape index (κ1) is 22.6. The maximum absolute atomic E-state index is 10.6. The summed E-state index contributed by atoms with van der Waals surface area (Å²) in [7, 11) is 1.67. The summed E-state index contributed by atoms with van der Waals surface area (Å²) in [6.45, 7) is 9.57. The Hall–Kier alpha value is -2.73. The fourth-order valence-corrected chi connectivity index (χ4v) is 2.85. The van der Waals surface area contributed by atoms with Crippen molar-refractivity contribution in [2.24, 2.45) is 4.99 Å². The molecule has 2 aromatic carbocycles. The average molecular weight is 400 g/mol. The standard InChI is InChI=1S/C23H33N3O3/c1-6-24-23(25-14-18-11-10-17(4)22(12-18)28-5)26-15-21(27)19-8-7-9-20(13-19)29-16(2)3/h7-13,16,21,27H,6,14-15H2,1-5H3,(H2,24,25,26). The van der Waals surface area contributed by atoms with Crippen LogP contribution in [-0.4, -0.2) is 37.4 Å². The number of methoxy groups -OCH3 is 1. The molecule has 0 saturated heterocycles. The van der Waals surface area contributed by atoms with Crippen LogP contribution in [0.25, 0.3) is 0 Å². The number of benzene rings is 2. The molecule has 0 aliphatic rings. The number of nitrogens with zero attached hydrogens (tertiary/aromatic N) is 1. The number of aliphatic imine (C=N–C) groups is 1. The lowest BCUT2D eigenvalue weighted by Crippen LogP contribution is -2.39. The summed E-state index contributed by atoms with van der Waals surface area (Å²) >= 11 is 0. The van der Waals surface area contributed by atoms with Crippen LogP contribution in [0.15, 0.2) is 47.5 Å². The van der Waals surface area contributed by atoms with Gasteiger partial charge in [0.25, 0.3) is 0 Å². The largest absolute Gasteiger partial charge is 0.496 e. The number of hydrogen-bond donors (Lipinski definition) is 3. The summed E-state index contributed by atoms with van der Waals surface area (Å²) in [5.41, 5.74) is 2.95. The third kappa shape index (κ3) is 7.31. The van der Waals surface area contributed by atoms with Gasteiger partial charge >= 0.3 is 0 Å². The van der Waals surface area contributed by atoms with Crippen LogP contribution in [0.1, 0.15) is 43.6 Å². The number of aliphatic hydroxyl groups is 1. The van der Waals surface area contributed by atoms with Crippen molar-refractivity contribution < 1.29 is 14.6 Å². The first-order valence-corrected chi connectivity index (χ1v) is 10.0. The Balaban J connectivity index is 2.00. The first-order chi connectivity index (χ1) is 13.9. The minimum absolute atomic E-state index is 0.0911. The summed E-state index contributed by atoms with van der Waals surface area (Å²) in [6.07, 6.45) is -0.581. The minimum Gasteiger partial charge on any atom is -0.496 e. The molecule has 1 unspecified atom stereocenters. The average Bonchev–Trinajstić information content (AvgIpc) is 2.70. The molecule has 0 aromatic heterocycles. The second kappa shape index (κ2) is 11.3. The zero-order valence-corrected chi connectivity index (χ0v) is 18.0. The first-order valence-electron chi connectivity index (χ1n) is 10.0. The van der Waals surface area contributed by atoms with E-state index in [2.05, 4.69) is 15.6 Å². The second-order valence-electron chi connectivity index (χ2n) is 7.13. The molecule has 0 heterocycles. The second-order valence-corrected chi connectivity index (χ2v) is 7.13. The van der Waals surface area contributed by atoms with Crippen molar-refractivity contribution in [1.82, 2.24) is 10.6 Å². The Morgan fingerprint density at radius 3 is 2.62 bits per heavy atom. The van der Waals surface area contributed by atoms with Gasteiger partial charge in [0, 0.05) is 13.1 Å². The molecule has 2 rings (SSSR count). The number of hydrogen-bond acceptors (Lipinski definition) is 4. The topological polar surface area (TPSA) is 75.1 Å². The maximum Gasteiger partial charge on any atom is 0.191 e. The third-order valence-corrected chi connectivity index (χ3v) is 4.31. The van der Waals surface area contributed by atoms with Gasteiger partial charge in [0.15, 0.2) is 5.96 Å². The van der Waals surface area contributed by atoms with Crippen LogP contribution in [0.3, 0.4) is 0 Å². The van der Waals surface area contributed by atoms with Crippen LogP contribution in [0.2, 0.25) is 0 Å². The molecule has 158 valence electrons. The SMILES string of the molecule is CCNC(=NCc1ccc(C)c(OC)c1)NCC(O)c1cccc(OC(C)C)c1. The molecule has 2 aromatic rings. The van der Waals surface area contributed by atoms with E-state index in [1.54, 1.807) is 7.11 Å². The van der Waals surface area contributed by atoms with Gasteiger partial charge in [0.1, 0.15) is 11.5 Å². The van der Waals surface area contributed by atoms with E-state index >= 15 is 0 Å². The van der Waals surface area contributed by atoms with Crippen molar-refractivity contribution in [2.75, 3.05) is 20.2 Å². The summed E-state index contributed by atoms with van der Waals surface area (Å²) in [5.74, 6) is 2.26. The number of rotatable bonds is 9. The molecule has 29 heavy (non-hydrogen) atoms. The molecule has 0 bridgehead atoms. The third-order valence-electron chi connectivity index (χ3n) is 4.31. The van der Waals surface area contributed by atoms with Gasteiger partial charge in [0.2, 0.25) is 0 Å². The smallest absolute Gasteiger partial charge is 0.191 e. The van der Waals surface area contributed by atoms with Gasteiger partial charge < -0.3 is 25.2 Å². The maximum atomic E-state index is 10.6. The molecule has 0 spiro atoms. The summed E-state index contributed by atoms with van der Waals surface area (Å²) in [6, 6.07) is 13.6. The lowest BCUT2D eigenvalue weighted by molar-refractivity contribution is 0.179. The van der Waals surface area contributed by atoms with E-state index in [9.17, 15) is 5.11 Å². The highest BCUT2D eigenvalue weighted by Gasteiger charge is 2.10. The predicted molar refractivity (Wildman–Crippen MR) is 118 cm³/mol. The number of ether oxygens (including phenoxy) is 2. The van der Waals surface area contributed by atoms with Crippen LogP contribution in [0.4, 0.5) is 0 Å². The van der Waals surface area contributed by atoms with Crippen LogP contribution >= 0.6 is 0 Å². The van der Waals surface area contributed by atoms with Crippen molar-refractivity contribution in [3.8, 4) is 11.5 Å². The molecule has 6 heteroatoms. The van der Waals surface area contributed by atoms with E-state index in [1.165, 1.54) is 0 Å². The molecular weight excluding hydrogens is 366 g/mol. The van der Waals surface area contributed by atoms with Gasteiger partial charge in [-0.3, -0.25) is 0 Å². The molecule has 0 aliphatic carbocycles. The van der Waals surface area contributed by atoms with Crippen molar-refractivity contribution in [3.05, 3.63) is 59.2 Å². The lowest BCUT2D eigenvalue weighted by atomic mass is 10.1. The molecule has 3 N–H and O–H groups in total. The molecule has 0 radical (unpaired) electrons. The van der Waals surface area contributed by atoms with Gasteiger partial charge in [-0.05, 0) is 62.6 Å². The zero-order valence-electron chi connectivity index (χ0n) is 18.0. The highest BCUT2D eigenvalue weighted by molar-refractivity contribution is 5.79. The van der Waals surface area contributed by atoms with Crippen LogP contribution in [-0.2, 0) is 6.54 Å². The van der Waals surface area contributed by atoms with Crippen molar-refractivity contribution in [1.29, 1.82) is 0 Å². The van der Waals surface area contributed by atoms with Gasteiger partial charge in [-0.15, -0.1) is 0 Å². The van der Waals surface area contributed by atoms with Crippen molar-refractivity contribution in [2.45, 2.75) is 46.4 Å². The van der Waals surface area contributed by atoms with Gasteiger partial charge in [0.05, 0.1) is 25.9 Å². The zero-order chi connectivity index (χ0) is 21.2. The number of aliphatic hydroxyl groups excluding tert-OH is 1. The van der Waals surface area contributed by atoms with Crippen molar-refractivity contribution in [3.63, 3.8) is 0 Å². The fourth-order valence-electron chi connectivity index (χ4n) is 2.85. The number of guanidine groups is 1. The van der Waals surface area contributed by atoms with Crippen LogP contribution < -0.4 is 20.1 Å². The quantitative estimate of drug-likeness (QED) is 0.444. The number of aryl methyl sites for hydroxylation is 1. The minimum atomic E-state index is -0.672. The Bertz CT molecular complexity index is 806. The normalized spacial score (nSPS) is 12.6. The van der Waals surface area contributed by atoms with E-state index < -0.39 is 6.10 Å². The van der Waals surface area contributed by atoms with Crippen LogP contribution in [0.5, 0.6) is 11.5 Å². The molecule has 1 atom stereocenters. The van der Waals surface area contributed by atoms with Crippen molar-refractivity contribution >= 4 is 5.96 Å². The Labute approximate surface area is 174 Å². The van der Waals surface area contributed by atoms with Gasteiger partial charge in [-0.25, -0.2) is 4.99 Å². The summed E-state index contributed by atoms with van der Waals surface area (Å²) in [4.78, 5) is 4.61. The van der Waals surface area contributed by atoms with E-state index in [-0.39, 0.29) is 6.10 Å². The summed E-state index contributed by atoms with van der Waals surface area (Å²) in [5, 5.41) is 17.0. The predicted octanol–water partition coefficient (Wildman–Crippen LogP) is 3.58. The Kier molecular flexibility index (Phi) is 8.80. The van der Waals surface area contributed by atoms with Gasteiger partial charge in [-0.1, -0.05) is 24.3 Å². The molecule has 6 nitrogen and oxygen atoms in total. The fraction of sp³-hybridized carbons (Fsp3) is 0.435. The number of nitrogens with one attached hydrogen (secondary N) is 2. The molecule has 0 amide bonds. The van der Waals surface area contributed by atoms with Gasteiger partial charge in [-0.2, -0.15) is 0 Å². The van der Waals surface area contributed by atoms with E-state index in [4.69, 9.17) is 9.47 Å². The molecule has 0 fully saturated rings. The lowest BCUT2D eigenvalue weighted by Gasteiger charge is -2.17. The molecule has 0 saturated carbocycles. The van der Waals surface area contributed by atoms with E-state index in [0.717, 1.165) is 34.7 Å². The monoisotopic (exact) mass is 399 g/mol.